The Labute approximate surface area is 110 Å². The summed E-state index contributed by atoms with van der Waals surface area (Å²) in [5, 5.41) is 0. The number of nitrogens with zero attached hydrogens (tertiary/aromatic N) is 1. The molecule has 2 aliphatic rings. The number of hydrogen-bond acceptors (Lipinski definition) is 2. The normalized spacial score (nSPS) is 21.9. The van der Waals surface area contributed by atoms with Crippen LogP contribution in [-0.4, -0.2) is 19.6 Å². The lowest BCUT2D eigenvalue weighted by molar-refractivity contribution is 0.230. The van der Waals surface area contributed by atoms with E-state index in [-0.39, 0.29) is 0 Å². The molecule has 2 nitrogen and oxygen atoms in total. The SMILES string of the molecule is NCCC1(c2ccccc2N2CCCC2)CCC1. The standard InChI is InChI=1S/C16H24N2/c17-11-10-16(8-5-9-16)14-6-1-2-7-15(14)18-12-3-4-13-18/h1-2,6-7H,3-5,8-13,17H2. The summed E-state index contributed by atoms with van der Waals surface area (Å²) in [6.45, 7) is 3.28. The molecule has 2 heteroatoms. The van der Waals surface area contributed by atoms with Crippen LogP contribution < -0.4 is 10.6 Å². The third-order valence-corrected chi connectivity index (χ3v) is 4.86. The highest BCUT2D eigenvalue weighted by Gasteiger charge is 2.40. The van der Waals surface area contributed by atoms with Crippen LogP contribution in [0.4, 0.5) is 5.69 Å². The molecule has 18 heavy (non-hydrogen) atoms. The summed E-state index contributed by atoms with van der Waals surface area (Å²) >= 11 is 0. The third-order valence-electron chi connectivity index (χ3n) is 4.86. The van der Waals surface area contributed by atoms with Crippen LogP contribution in [0.1, 0.15) is 44.1 Å². The molecule has 0 radical (unpaired) electrons. The van der Waals surface area contributed by atoms with Crippen LogP contribution in [0.5, 0.6) is 0 Å². The van der Waals surface area contributed by atoms with E-state index in [0.29, 0.717) is 5.41 Å². The molecule has 1 aromatic carbocycles. The molecule has 0 atom stereocenters. The number of benzene rings is 1. The maximum atomic E-state index is 5.85. The smallest absolute Gasteiger partial charge is 0.0404 e. The molecule has 0 aromatic heterocycles. The molecule has 98 valence electrons. The van der Waals surface area contributed by atoms with Crippen molar-refractivity contribution >= 4 is 5.69 Å². The first-order valence-electron chi connectivity index (χ1n) is 7.40. The van der Waals surface area contributed by atoms with Crippen molar-refractivity contribution in [1.29, 1.82) is 0 Å². The van der Waals surface area contributed by atoms with Gasteiger partial charge in [-0.15, -0.1) is 0 Å². The Kier molecular flexibility index (Phi) is 3.29. The molecule has 1 aliphatic carbocycles. The van der Waals surface area contributed by atoms with Crippen LogP contribution in [-0.2, 0) is 5.41 Å². The highest BCUT2D eigenvalue weighted by Crippen LogP contribution is 2.49. The van der Waals surface area contributed by atoms with Crippen molar-refractivity contribution < 1.29 is 0 Å². The molecular formula is C16H24N2. The quantitative estimate of drug-likeness (QED) is 0.882. The van der Waals surface area contributed by atoms with Gasteiger partial charge >= 0.3 is 0 Å². The lowest BCUT2D eigenvalue weighted by Crippen LogP contribution is -2.38. The average Bonchev–Trinajstić information content (AvgIpc) is 2.88. The van der Waals surface area contributed by atoms with Gasteiger partial charge in [0.05, 0.1) is 0 Å². The van der Waals surface area contributed by atoms with Crippen molar-refractivity contribution in [3.8, 4) is 0 Å². The van der Waals surface area contributed by atoms with Gasteiger partial charge in [0.1, 0.15) is 0 Å². The van der Waals surface area contributed by atoms with E-state index in [0.717, 1.165) is 13.0 Å². The van der Waals surface area contributed by atoms with E-state index in [2.05, 4.69) is 29.2 Å². The molecule has 3 rings (SSSR count). The molecule has 0 amide bonds. The molecule has 1 saturated heterocycles. The molecule has 0 unspecified atom stereocenters. The molecule has 2 fully saturated rings. The summed E-state index contributed by atoms with van der Waals surface area (Å²) in [4.78, 5) is 2.58. The molecule has 1 aliphatic heterocycles. The number of nitrogens with two attached hydrogens (primary N) is 1. The summed E-state index contributed by atoms with van der Waals surface area (Å²) in [6, 6.07) is 9.05. The second-order valence-electron chi connectivity index (χ2n) is 5.88. The highest BCUT2D eigenvalue weighted by atomic mass is 15.1. The van der Waals surface area contributed by atoms with Crippen molar-refractivity contribution in [2.75, 3.05) is 24.5 Å². The first kappa shape index (κ1) is 12.0. The Morgan fingerprint density at radius 2 is 1.78 bits per heavy atom. The third kappa shape index (κ3) is 1.93. The van der Waals surface area contributed by atoms with E-state index in [4.69, 9.17) is 5.73 Å². The van der Waals surface area contributed by atoms with Gasteiger partial charge in [0, 0.05) is 18.8 Å². The van der Waals surface area contributed by atoms with Gasteiger partial charge < -0.3 is 10.6 Å². The monoisotopic (exact) mass is 244 g/mol. The van der Waals surface area contributed by atoms with E-state index < -0.39 is 0 Å². The molecule has 1 heterocycles. The van der Waals surface area contributed by atoms with Crippen LogP contribution in [0.3, 0.4) is 0 Å². The maximum absolute atomic E-state index is 5.85. The summed E-state index contributed by atoms with van der Waals surface area (Å²) in [7, 11) is 0. The van der Waals surface area contributed by atoms with Crippen LogP contribution in [0, 0.1) is 0 Å². The molecule has 1 saturated carbocycles. The minimum atomic E-state index is 0.397. The summed E-state index contributed by atoms with van der Waals surface area (Å²) < 4.78 is 0. The van der Waals surface area contributed by atoms with E-state index in [9.17, 15) is 0 Å². The topological polar surface area (TPSA) is 29.3 Å². The minimum Gasteiger partial charge on any atom is -0.371 e. The van der Waals surface area contributed by atoms with E-state index >= 15 is 0 Å². The predicted molar refractivity (Wildman–Crippen MR) is 77.1 cm³/mol. The number of rotatable bonds is 4. The van der Waals surface area contributed by atoms with E-state index in [1.807, 2.05) is 0 Å². The largest absolute Gasteiger partial charge is 0.371 e. The lowest BCUT2D eigenvalue weighted by atomic mass is 9.62. The highest BCUT2D eigenvalue weighted by molar-refractivity contribution is 5.58. The van der Waals surface area contributed by atoms with Crippen LogP contribution in [0.2, 0.25) is 0 Å². The Balaban J connectivity index is 1.95. The molecule has 1 aromatic rings. The van der Waals surface area contributed by atoms with Gasteiger partial charge in [0.15, 0.2) is 0 Å². The van der Waals surface area contributed by atoms with Crippen molar-refractivity contribution in [2.45, 2.75) is 43.9 Å². The summed E-state index contributed by atoms with van der Waals surface area (Å²) in [6.07, 6.45) is 7.87. The van der Waals surface area contributed by atoms with E-state index in [1.165, 1.54) is 50.9 Å². The fraction of sp³-hybridized carbons (Fsp3) is 0.625. The van der Waals surface area contributed by atoms with Crippen LogP contribution in [0.25, 0.3) is 0 Å². The maximum Gasteiger partial charge on any atom is 0.0404 e. The minimum absolute atomic E-state index is 0.397. The van der Waals surface area contributed by atoms with Gasteiger partial charge in [-0.05, 0) is 55.7 Å². The fourth-order valence-electron chi connectivity index (χ4n) is 3.69. The lowest BCUT2D eigenvalue weighted by Gasteiger charge is -2.44. The predicted octanol–water partition coefficient (Wildman–Crippen LogP) is 3.06. The van der Waals surface area contributed by atoms with Crippen molar-refractivity contribution in [1.82, 2.24) is 0 Å². The zero-order chi connectivity index (χ0) is 12.4. The second-order valence-corrected chi connectivity index (χ2v) is 5.88. The fourth-order valence-corrected chi connectivity index (χ4v) is 3.69. The Hall–Kier alpha value is -1.02. The molecular weight excluding hydrogens is 220 g/mol. The Bertz CT molecular complexity index is 403. The molecule has 0 bridgehead atoms. The zero-order valence-electron chi connectivity index (χ0n) is 11.2. The van der Waals surface area contributed by atoms with Crippen molar-refractivity contribution in [3.63, 3.8) is 0 Å². The zero-order valence-corrected chi connectivity index (χ0v) is 11.2. The van der Waals surface area contributed by atoms with Crippen molar-refractivity contribution in [2.24, 2.45) is 5.73 Å². The Morgan fingerprint density at radius 3 is 2.39 bits per heavy atom. The molecule has 0 spiro atoms. The first-order chi connectivity index (χ1) is 8.86. The second kappa shape index (κ2) is 4.93. The number of anilines is 1. The molecule has 2 N–H and O–H groups in total. The number of hydrogen-bond donors (Lipinski definition) is 1. The van der Waals surface area contributed by atoms with Crippen molar-refractivity contribution in [3.05, 3.63) is 29.8 Å². The summed E-state index contributed by atoms with van der Waals surface area (Å²) in [5.74, 6) is 0. The van der Waals surface area contributed by atoms with Gasteiger partial charge in [-0.2, -0.15) is 0 Å². The Morgan fingerprint density at radius 1 is 1.06 bits per heavy atom. The van der Waals surface area contributed by atoms with Gasteiger partial charge in [-0.1, -0.05) is 24.6 Å². The van der Waals surface area contributed by atoms with Gasteiger partial charge in [-0.25, -0.2) is 0 Å². The average molecular weight is 244 g/mol. The van der Waals surface area contributed by atoms with Gasteiger partial charge in [0.25, 0.3) is 0 Å². The van der Waals surface area contributed by atoms with Gasteiger partial charge in [-0.3, -0.25) is 0 Å². The van der Waals surface area contributed by atoms with E-state index in [1.54, 1.807) is 5.56 Å². The summed E-state index contributed by atoms with van der Waals surface area (Å²) in [5.41, 5.74) is 9.31. The number of para-hydroxylation sites is 1. The first-order valence-corrected chi connectivity index (χ1v) is 7.40. The van der Waals surface area contributed by atoms with Crippen LogP contribution in [0.15, 0.2) is 24.3 Å². The van der Waals surface area contributed by atoms with Gasteiger partial charge in [0.2, 0.25) is 0 Å². The van der Waals surface area contributed by atoms with Crippen LogP contribution >= 0.6 is 0 Å².